The Hall–Kier alpha value is -1.99. The molecule has 0 aliphatic heterocycles. The number of carbonyl (C=O) groups excluding carboxylic acids is 1. The van der Waals surface area contributed by atoms with Crippen LogP contribution in [-0.4, -0.2) is 51.7 Å². The lowest BCUT2D eigenvalue weighted by Crippen LogP contribution is -2.37. The smallest absolute Gasteiger partial charge is 0.337 e. The summed E-state index contributed by atoms with van der Waals surface area (Å²) in [5.41, 5.74) is 5.34. The predicted octanol–water partition coefficient (Wildman–Crippen LogP) is 2.03. The molecule has 0 amide bonds. The molecule has 0 fully saturated rings. The van der Waals surface area contributed by atoms with Crippen LogP contribution >= 0.6 is 0 Å². The van der Waals surface area contributed by atoms with Crippen LogP contribution in [0.1, 0.15) is 20.8 Å². The molecule has 1 aromatic carbocycles. The van der Waals surface area contributed by atoms with E-state index in [1.54, 1.807) is 46.1 Å². The Morgan fingerprint density at radius 1 is 1.08 bits per heavy atom. The Morgan fingerprint density at radius 3 is 2.42 bits per heavy atom. The zero-order valence-electron chi connectivity index (χ0n) is 14.8. The minimum Gasteiger partial charge on any atom is -0.497 e. The lowest BCUT2D eigenvalue weighted by molar-refractivity contribution is -0.169. The highest BCUT2D eigenvalue weighted by Gasteiger charge is 2.29. The van der Waals surface area contributed by atoms with Gasteiger partial charge in [-0.25, -0.2) is 4.79 Å². The molecule has 7 nitrogen and oxygen atoms in total. The second-order valence-corrected chi connectivity index (χ2v) is 5.48. The maximum absolute atomic E-state index is 11.6. The van der Waals surface area contributed by atoms with Crippen molar-refractivity contribution in [3.8, 4) is 11.5 Å². The predicted molar refractivity (Wildman–Crippen MR) is 90.4 cm³/mol. The summed E-state index contributed by atoms with van der Waals surface area (Å²) < 4.78 is 26.5. The number of hydrogen-bond acceptors (Lipinski definition) is 7. The average molecular weight is 341 g/mol. The number of nitrogen functional groups attached to an aromatic ring is 1. The maximum Gasteiger partial charge on any atom is 0.337 e. The fourth-order valence-corrected chi connectivity index (χ4v) is 1.84. The van der Waals surface area contributed by atoms with E-state index in [9.17, 15) is 4.79 Å². The van der Waals surface area contributed by atoms with Gasteiger partial charge in [-0.2, -0.15) is 0 Å². The van der Waals surface area contributed by atoms with Crippen molar-refractivity contribution in [2.75, 3.05) is 45.9 Å². The van der Waals surface area contributed by atoms with Crippen LogP contribution in [0.2, 0.25) is 0 Å². The molecule has 24 heavy (non-hydrogen) atoms. The van der Waals surface area contributed by atoms with Crippen LogP contribution in [0.3, 0.4) is 0 Å². The summed E-state index contributed by atoms with van der Waals surface area (Å²) >= 11 is 0. The molecule has 0 radical (unpaired) electrons. The topological polar surface area (TPSA) is 89.2 Å². The Morgan fingerprint density at radius 2 is 1.75 bits per heavy atom. The summed E-state index contributed by atoms with van der Waals surface area (Å²) in [6.07, 6.45) is 0. The minimum absolute atomic E-state index is 0.290. The van der Waals surface area contributed by atoms with E-state index >= 15 is 0 Å². The van der Waals surface area contributed by atoms with Gasteiger partial charge in [-0.3, -0.25) is 0 Å². The van der Waals surface area contributed by atoms with Gasteiger partial charge < -0.3 is 29.4 Å². The zero-order valence-corrected chi connectivity index (χ0v) is 14.8. The first kappa shape index (κ1) is 20.1. The third-order valence-corrected chi connectivity index (χ3v) is 3.09. The third kappa shape index (κ3) is 7.06. The summed E-state index contributed by atoms with van der Waals surface area (Å²) in [6, 6.07) is 5.18. The largest absolute Gasteiger partial charge is 0.497 e. The van der Waals surface area contributed by atoms with Crippen molar-refractivity contribution in [2.45, 2.75) is 26.4 Å². The van der Waals surface area contributed by atoms with Crippen LogP contribution in [0.5, 0.6) is 11.5 Å². The van der Waals surface area contributed by atoms with E-state index < -0.39 is 5.60 Å². The number of esters is 1. The van der Waals surface area contributed by atoms with E-state index in [1.165, 1.54) is 0 Å². The van der Waals surface area contributed by atoms with Crippen molar-refractivity contribution < 1.29 is 28.5 Å². The average Bonchev–Trinajstić information content (AvgIpc) is 2.53. The second kappa shape index (κ2) is 10.00. The normalized spacial score (nSPS) is 11.2. The van der Waals surface area contributed by atoms with Gasteiger partial charge in [-0.1, -0.05) is 0 Å². The lowest BCUT2D eigenvalue weighted by atomic mass is 10.1. The minimum atomic E-state index is -0.978. The number of methoxy groups -OCH3 is 1. The number of rotatable bonds is 11. The zero-order chi connectivity index (χ0) is 18.0. The van der Waals surface area contributed by atoms with Crippen molar-refractivity contribution in [1.29, 1.82) is 0 Å². The molecule has 0 bridgehead atoms. The quantitative estimate of drug-likeness (QED) is 0.374. The van der Waals surface area contributed by atoms with E-state index in [0.29, 0.717) is 43.6 Å². The van der Waals surface area contributed by atoms with Gasteiger partial charge in [0.05, 0.1) is 33.5 Å². The second-order valence-electron chi connectivity index (χ2n) is 5.48. The summed E-state index contributed by atoms with van der Waals surface area (Å²) in [5.74, 6) is 0.875. The fourth-order valence-electron chi connectivity index (χ4n) is 1.84. The van der Waals surface area contributed by atoms with Crippen molar-refractivity contribution in [3.63, 3.8) is 0 Å². The Balaban J connectivity index is 2.19. The van der Waals surface area contributed by atoms with Crippen LogP contribution in [-0.2, 0) is 19.0 Å². The lowest BCUT2D eigenvalue weighted by Gasteiger charge is -2.22. The van der Waals surface area contributed by atoms with E-state index in [2.05, 4.69) is 0 Å². The monoisotopic (exact) mass is 341 g/mol. The molecule has 0 unspecified atom stereocenters. The summed E-state index contributed by atoms with van der Waals surface area (Å²) in [4.78, 5) is 11.6. The molecule has 1 rings (SSSR count). The van der Waals surface area contributed by atoms with Gasteiger partial charge in [0.15, 0.2) is 5.60 Å². The highest BCUT2D eigenvalue weighted by molar-refractivity contribution is 5.78. The van der Waals surface area contributed by atoms with Gasteiger partial charge >= 0.3 is 5.97 Å². The molecule has 0 saturated carbocycles. The van der Waals surface area contributed by atoms with Crippen molar-refractivity contribution in [2.24, 2.45) is 0 Å². The molecular formula is C17H27NO6. The molecule has 2 N–H and O–H groups in total. The van der Waals surface area contributed by atoms with Gasteiger partial charge in [0.25, 0.3) is 0 Å². The van der Waals surface area contributed by atoms with E-state index in [-0.39, 0.29) is 12.6 Å². The van der Waals surface area contributed by atoms with Crippen LogP contribution in [0.15, 0.2) is 18.2 Å². The van der Waals surface area contributed by atoms with E-state index in [0.717, 1.165) is 0 Å². The molecule has 136 valence electrons. The molecule has 0 saturated heterocycles. The Labute approximate surface area is 143 Å². The van der Waals surface area contributed by atoms with Crippen LogP contribution in [0, 0.1) is 0 Å². The molecule has 0 aliphatic rings. The molecular weight excluding hydrogens is 314 g/mol. The highest BCUT2D eigenvalue weighted by atomic mass is 16.6. The first-order chi connectivity index (χ1) is 11.4. The SMILES string of the molecule is CCOC(=O)C(C)(C)OCCOCCOc1cc(N)cc(OC)c1. The van der Waals surface area contributed by atoms with Gasteiger partial charge in [0.2, 0.25) is 0 Å². The molecule has 0 heterocycles. The molecule has 0 aromatic heterocycles. The Bertz CT molecular complexity index is 518. The number of ether oxygens (including phenoxy) is 5. The fraction of sp³-hybridized carbons (Fsp3) is 0.588. The highest BCUT2D eigenvalue weighted by Crippen LogP contribution is 2.23. The maximum atomic E-state index is 11.6. The van der Waals surface area contributed by atoms with E-state index in [4.69, 9.17) is 29.4 Å². The first-order valence-electron chi connectivity index (χ1n) is 7.85. The number of anilines is 1. The summed E-state index contributed by atoms with van der Waals surface area (Å²) in [5, 5.41) is 0. The summed E-state index contributed by atoms with van der Waals surface area (Å²) in [7, 11) is 1.57. The van der Waals surface area contributed by atoms with Crippen LogP contribution in [0.4, 0.5) is 5.69 Å². The number of carbonyl (C=O) groups is 1. The number of hydrogen-bond donors (Lipinski definition) is 1. The van der Waals surface area contributed by atoms with E-state index in [1.807, 2.05) is 0 Å². The molecule has 1 aromatic rings. The molecule has 0 aliphatic carbocycles. The van der Waals surface area contributed by atoms with Crippen molar-refractivity contribution in [1.82, 2.24) is 0 Å². The molecule has 0 atom stereocenters. The summed E-state index contributed by atoms with van der Waals surface area (Å²) in [6.45, 7) is 6.82. The van der Waals surface area contributed by atoms with Crippen LogP contribution < -0.4 is 15.2 Å². The number of nitrogens with two attached hydrogens (primary N) is 1. The third-order valence-electron chi connectivity index (χ3n) is 3.09. The van der Waals surface area contributed by atoms with Crippen LogP contribution in [0.25, 0.3) is 0 Å². The first-order valence-corrected chi connectivity index (χ1v) is 7.85. The van der Waals surface area contributed by atoms with Gasteiger partial charge in [-0.15, -0.1) is 0 Å². The number of benzene rings is 1. The van der Waals surface area contributed by atoms with Gasteiger partial charge in [0, 0.05) is 23.9 Å². The standard InChI is InChI=1S/C17H27NO6/c1-5-22-16(19)17(2,3)24-9-7-21-6-8-23-15-11-13(18)10-14(12-15)20-4/h10-12H,5-9,18H2,1-4H3. The van der Waals surface area contributed by atoms with Crippen molar-refractivity contribution in [3.05, 3.63) is 18.2 Å². The molecule has 7 heteroatoms. The molecule has 0 spiro atoms. The van der Waals surface area contributed by atoms with Gasteiger partial charge in [0.1, 0.15) is 18.1 Å². The van der Waals surface area contributed by atoms with Crippen molar-refractivity contribution >= 4 is 11.7 Å². The Kier molecular flexibility index (Phi) is 8.35. The van der Waals surface area contributed by atoms with Gasteiger partial charge in [-0.05, 0) is 20.8 Å².